The highest BCUT2D eigenvalue weighted by atomic mass is 31.2. The van der Waals surface area contributed by atoms with Gasteiger partial charge in [-0.15, -0.1) is 0 Å². The Morgan fingerprint density at radius 3 is 2.27 bits per heavy atom. The molecule has 0 fully saturated rings. The Morgan fingerprint density at radius 2 is 1.68 bits per heavy atom. The van der Waals surface area contributed by atoms with Crippen LogP contribution in [-0.2, 0) is 21.6 Å². The molecule has 0 aliphatic carbocycles. The number of phosphoric acid groups is 1. The van der Waals surface area contributed by atoms with E-state index in [0.717, 1.165) is 36.5 Å². The monoisotopic (exact) mass is 552 g/mol. The van der Waals surface area contributed by atoms with Gasteiger partial charge < -0.3 is 24.8 Å². The number of hydrogen-bond donors (Lipinski definition) is 4. The summed E-state index contributed by atoms with van der Waals surface area (Å²) in [6.45, 7) is -0.953. The number of anilines is 1. The fourth-order valence-electron chi connectivity index (χ4n) is 2.89. The molecule has 0 atom stereocenters. The number of halogens is 6. The Morgan fingerprint density at radius 1 is 1.03 bits per heavy atom. The van der Waals surface area contributed by atoms with Gasteiger partial charge >= 0.3 is 19.9 Å². The molecule has 4 N–H and O–H groups in total. The Kier molecular flexibility index (Phi) is 7.83. The number of amides is 1. The minimum atomic E-state index is -5.97. The first kappa shape index (κ1) is 27.9. The van der Waals surface area contributed by atoms with E-state index in [1.165, 1.54) is 0 Å². The molecule has 0 aliphatic rings. The van der Waals surface area contributed by atoms with Gasteiger partial charge in [0, 0.05) is 11.8 Å². The van der Waals surface area contributed by atoms with Crippen molar-refractivity contribution in [2.24, 2.45) is 0 Å². The smallest absolute Gasteiger partial charge is 0.457 e. The van der Waals surface area contributed by atoms with Gasteiger partial charge in [-0.1, -0.05) is 6.07 Å². The second-order valence-electron chi connectivity index (χ2n) is 7.26. The fraction of sp³-hybridized carbons (Fsp3) is 0.143. The van der Waals surface area contributed by atoms with Crippen LogP contribution in [0.3, 0.4) is 0 Å². The lowest BCUT2D eigenvalue weighted by molar-refractivity contribution is -0.289. The lowest BCUT2D eigenvalue weighted by Gasteiger charge is -2.21. The van der Waals surface area contributed by atoms with Crippen LogP contribution in [0.15, 0.2) is 59.5 Å². The highest BCUT2D eigenvalue weighted by Gasteiger charge is 2.58. The van der Waals surface area contributed by atoms with Gasteiger partial charge in [0.25, 0.3) is 11.5 Å². The van der Waals surface area contributed by atoms with Gasteiger partial charge in [-0.25, -0.2) is 8.96 Å². The van der Waals surface area contributed by atoms with E-state index in [1.54, 1.807) is 0 Å². The van der Waals surface area contributed by atoms with Gasteiger partial charge in [0.05, 0.1) is 23.4 Å². The van der Waals surface area contributed by atoms with Crippen LogP contribution in [0.25, 0.3) is 0 Å². The third-order valence-corrected chi connectivity index (χ3v) is 5.14. The first-order valence-electron chi connectivity index (χ1n) is 9.83. The van der Waals surface area contributed by atoms with Crippen LogP contribution in [0.1, 0.15) is 21.5 Å². The quantitative estimate of drug-likeness (QED) is 0.232. The molecule has 198 valence electrons. The number of carbonyl (C=O) groups excluding carboxylic acids is 1. The van der Waals surface area contributed by atoms with Crippen molar-refractivity contribution in [3.63, 3.8) is 0 Å². The third-order valence-electron chi connectivity index (χ3n) is 4.68. The van der Waals surface area contributed by atoms with Gasteiger partial charge in [-0.2, -0.15) is 22.0 Å². The standard InChI is InChI=1S/C21H15F6N2O7P/c22-12-2-4-13(5-3-12)36-17-9-11(20(23,24)21(25,26)27)1-6-14(17)19(31)29-16-7-8-28-18(30)15(16)10-35-37(32,33)34/h1-9H,10H2,(H2,32,33,34)(H2,28,29,30,31). The molecule has 0 saturated carbocycles. The predicted molar refractivity (Wildman–Crippen MR) is 115 cm³/mol. The Balaban J connectivity index is 2.03. The normalized spacial score (nSPS) is 12.3. The van der Waals surface area contributed by atoms with Crippen LogP contribution < -0.4 is 15.6 Å². The minimum Gasteiger partial charge on any atom is -0.457 e. The van der Waals surface area contributed by atoms with E-state index >= 15 is 0 Å². The number of rotatable bonds is 8. The van der Waals surface area contributed by atoms with Crippen molar-refractivity contribution in [2.75, 3.05) is 5.32 Å². The first-order chi connectivity index (χ1) is 17.1. The summed E-state index contributed by atoms with van der Waals surface area (Å²) in [5, 5.41) is 2.19. The molecule has 9 nitrogen and oxygen atoms in total. The van der Waals surface area contributed by atoms with E-state index in [4.69, 9.17) is 14.5 Å². The van der Waals surface area contributed by atoms with Crippen molar-refractivity contribution in [1.82, 2.24) is 4.98 Å². The second-order valence-corrected chi connectivity index (χ2v) is 8.50. The summed E-state index contributed by atoms with van der Waals surface area (Å²) in [6, 6.07) is 6.21. The Hall–Kier alpha value is -3.65. The van der Waals surface area contributed by atoms with E-state index in [0.29, 0.717) is 12.1 Å². The van der Waals surface area contributed by atoms with Crippen LogP contribution in [-0.4, -0.2) is 26.9 Å². The highest BCUT2D eigenvalue weighted by molar-refractivity contribution is 7.46. The molecule has 1 heterocycles. The van der Waals surface area contributed by atoms with Gasteiger partial charge in [0.15, 0.2) is 0 Å². The molecule has 16 heteroatoms. The number of hydrogen-bond acceptors (Lipinski definition) is 5. The summed E-state index contributed by atoms with van der Waals surface area (Å²) < 4.78 is 100. The van der Waals surface area contributed by atoms with Crippen LogP contribution >= 0.6 is 7.82 Å². The van der Waals surface area contributed by atoms with Gasteiger partial charge in [0.1, 0.15) is 17.3 Å². The number of aromatic nitrogens is 1. The largest absolute Gasteiger partial charge is 0.469 e. The summed E-state index contributed by atoms with van der Waals surface area (Å²) in [4.78, 5) is 44.9. The molecule has 3 aromatic rings. The number of H-pyrrole nitrogens is 1. The molecule has 0 aliphatic heterocycles. The molecule has 37 heavy (non-hydrogen) atoms. The average molecular weight is 552 g/mol. The Bertz CT molecular complexity index is 1400. The molecule has 1 aromatic heterocycles. The van der Waals surface area contributed by atoms with E-state index in [9.17, 15) is 40.5 Å². The predicted octanol–water partition coefficient (Wildman–Crippen LogP) is 4.82. The maximum atomic E-state index is 13.9. The first-order valence-corrected chi connectivity index (χ1v) is 11.4. The summed E-state index contributed by atoms with van der Waals surface area (Å²) in [5.41, 5.74) is -3.80. The SMILES string of the molecule is O=C(Nc1cc[nH]c(=O)c1COP(=O)(O)O)c1ccc(C(F)(F)C(F)(F)F)cc1Oc1ccc(F)cc1. The number of pyridine rings is 1. The van der Waals surface area contributed by atoms with Gasteiger partial charge in [-0.05, 0) is 42.5 Å². The number of ether oxygens (including phenoxy) is 1. The number of aromatic amines is 1. The lowest BCUT2D eigenvalue weighted by atomic mass is 10.0. The maximum absolute atomic E-state index is 13.9. The van der Waals surface area contributed by atoms with E-state index in [1.807, 2.05) is 0 Å². The van der Waals surface area contributed by atoms with Crippen LogP contribution in [0, 0.1) is 5.82 Å². The molecule has 0 radical (unpaired) electrons. The highest BCUT2D eigenvalue weighted by Crippen LogP contribution is 2.45. The van der Waals surface area contributed by atoms with Crippen molar-refractivity contribution in [3.8, 4) is 11.5 Å². The molecule has 3 rings (SSSR count). The van der Waals surface area contributed by atoms with Crippen LogP contribution in [0.5, 0.6) is 11.5 Å². The third kappa shape index (κ3) is 6.77. The molecular weight excluding hydrogens is 537 g/mol. The Labute approximate surface area is 202 Å². The number of phosphoric ester groups is 1. The van der Waals surface area contributed by atoms with E-state index < -0.39 is 66.3 Å². The fourth-order valence-corrected chi connectivity index (χ4v) is 3.19. The number of carbonyl (C=O) groups is 1. The minimum absolute atomic E-state index is 0.213. The van der Waals surface area contributed by atoms with E-state index in [2.05, 4.69) is 14.8 Å². The summed E-state index contributed by atoms with van der Waals surface area (Å²) in [7, 11) is -5.02. The molecule has 2 aromatic carbocycles. The van der Waals surface area contributed by atoms with Crippen molar-refractivity contribution < 1.29 is 54.7 Å². The second kappa shape index (κ2) is 10.4. The lowest BCUT2D eigenvalue weighted by Crippen LogP contribution is -2.33. The topological polar surface area (TPSA) is 138 Å². The molecule has 0 unspecified atom stereocenters. The van der Waals surface area contributed by atoms with Gasteiger partial charge in [-0.3, -0.25) is 14.1 Å². The zero-order valence-electron chi connectivity index (χ0n) is 18.1. The zero-order chi connectivity index (χ0) is 27.6. The van der Waals surface area contributed by atoms with Crippen LogP contribution in [0.2, 0.25) is 0 Å². The summed E-state index contributed by atoms with van der Waals surface area (Å²) >= 11 is 0. The molecule has 1 amide bonds. The van der Waals surface area contributed by atoms with Crippen molar-refractivity contribution in [2.45, 2.75) is 18.7 Å². The van der Waals surface area contributed by atoms with Gasteiger partial charge in [0.2, 0.25) is 0 Å². The molecule has 0 saturated heterocycles. The molecular formula is C21H15F6N2O7P. The summed E-state index contributed by atoms with van der Waals surface area (Å²) in [5.74, 6) is -8.18. The molecule has 0 bridgehead atoms. The summed E-state index contributed by atoms with van der Waals surface area (Å²) in [6.07, 6.45) is -4.91. The van der Waals surface area contributed by atoms with Crippen LogP contribution in [0.4, 0.5) is 32.0 Å². The van der Waals surface area contributed by atoms with Crippen molar-refractivity contribution >= 4 is 19.4 Å². The number of nitrogens with one attached hydrogen (secondary N) is 2. The number of benzene rings is 2. The number of alkyl halides is 5. The van der Waals surface area contributed by atoms with Crippen molar-refractivity contribution in [3.05, 3.63) is 87.6 Å². The molecule has 0 spiro atoms. The maximum Gasteiger partial charge on any atom is 0.469 e. The average Bonchev–Trinajstić information content (AvgIpc) is 2.78. The zero-order valence-corrected chi connectivity index (χ0v) is 18.9. The van der Waals surface area contributed by atoms with E-state index in [-0.39, 0.29) is 17.5 Å². The van der Waals surface area contributed by atoms with Crippen molar-refractivity contribution in [1.29, 1.82) is 0 Å².